The van der Waals surface area contributed by atoms with Crippen molar-refractivity contribution < 1.29 is 10.0 Å². The minimum atomic E-state index is -0.233. The zero-order chi connectivity index (χ0) is 19.2. The van der Waals surface area contributed by atoms with Gasteiger partial charge in [-0.05, 0) is 46.9 Å². The maximum absolute atomic E-state index is 12.9. The maximum Gasteiger partial charge on any atom is 0.193 e. The Labute approximate surface area is 159 Å². The number of fused-ring (bicyclic) bond motifs is 3. The Balaban J connectivity index is 1.82. The predicted octanol–water partition coefficient (Wildman–Crippen LogP) is 5.42. The molecule has 3 aromatic rings. The standard InChI is InChI=1S/C24H21NO2/c1-15(25-27)17-9-11-19-20-12-10-18(23(26)16-7-5-4-6-8-16)14-22(20)24(2,3)21(19)13-17/h4-14,27H,1-3H3. The summed E-state index contributed by atoms with van der Waals surface area (Å²) in [5.74, 6) is 0.0362. The molecule has 0 spiro atoms. The predicted molar refractivity (Wildman–Crippen MR) is 108 cm³/mol. The van der Waals surface area contributed by atoms with Crippen molar-refractivity contribution in [2.24, 2.45) is 5.16 Å². The molecule has 0 amide bonds. The second-order valence-corrected chi connectivity index (χ2v) is 7.53. The quantitative estimate of drug-likeness (QED) is 0.295. The van der Waals surface area contributed by atoms with Crippen molar-refractivity contribution >= 4 is 11.5 Å². The molecule has 1 aliphatic carbocycles. The summed E-state index contributed by atoms with van der Waals surface area (Å²) in [7, 11) is 0. The molecule has 0 radical (unpaired) electrons. The molecule has 4 rings (SSSR count). The molecule has 0 fully saturated rings. The molecule has 27 heavy (non-hydrogen) atoms. The highest BCUT2D eigenvalue weighted by molar-refractivity contribution is 6.09. The molecule has 0 aliphatic heterocycles. The third-order valence-electron chi connectivity index (χ3n) is 5.54. The Kier molecular flexibility index (Phi) is 3.96. The first-order valence-electron chi connectivity index (χ1n) is 9.01. The van der Waals surface area contributed by atoms with Crippen LogP contribution in [0.4, 0.5) is 0 Å². The van der Waals surface area contributed by atoms with Crippen LogP contribution in [0.5, 0.6) is 0 Å². The SMILES string of the molecule is CC(=NO)c1ccc2c(c1)C(C)(C)c1cc(C(=O)c3ccccc3)ccc1-2. The normalized spacial score (nSPS) is 14.6. The molecule has 0 aromatic heterocycles. The van der Waals surface area contributed by atoms with Crippen molar-refractivity contribution in [3.05, 3.63) is 94.5 Å². The zero-order valence-electron chi connectivity index (χ0n) is 15.7. The van der Waals surface area contributed by atoms with Crippen molar-refractivity contribution in [1.29, 1.82) is 0 Å². The van der Waals surface area contributed by atoms with Crippen LogP contribution in [-0.4, -0.2) is 16.7 Å². The van der Waals surface area contributed by atoms with Crippen molar-refractivity contribution in [3.63, 3.8) is 0 Å². The summed E-state index contributed by atoms with van der Waals surface area (Å²) in [4.78, 5) is 12.9. The van der Waals surface area contributed by atoms with E-state index in [-0.39, 0.29) is 11.2 Å². The highest BCUT2D eigenvalue weighted by atomic mass is 16.4. The number of benzene rings is 3. The van der Waals surface area contributed by atoms with Crippen LogP contribution in [0.25, 0.3) is 11.1 Å². The fourth-order valence-electron chi connectivity index (χ4n) is 3.92. The van der Waals surface area contributed by atoms with Crippen molar-refractivity contribution in [3.8, 4) is 11.1 Å². The second kappa shape index (κ2) is 6.20. The van der Waals surface area contributed by atoms with Gasteiger partial charge in [-0.3, -0.25) is 4.79 Å². The Morgan fingerprint density at radius 3 is 1.96 bits per heavy atom. The van der Waals surface area contributed by atoms with Gasteiger partial charge in [0.15, 0.2) is 5.78 Å². The van der Waals surface area contributed by atoms with E-state index >= 15 is 0 Å². The van der Waals surface area contributed by atoms with E-state index in [9.17, 15) is 4.79 Å². The number of carbonyl (C=O) groups is 1. The van der Waals surface area contributed by atoms with Crippen LogP contribution in [0.15, 0.2) is 71.9 Å². The molecule has 0 bridgehead atoms. The number of carbonyl (C=O) groups excluding carboxylic acids is 1. The third kappa shape index (κ3) is 2.67. The van der Waals surface area contributed by atoms with Crippen molar-refractivity contribution in [1.82, 2.24) is 0 Å². The van der Waals surface area contributed by atoms with Crippen LogP contribution in [0.1, 0.15) is 53.4 Å². The lowest BCUT2D eigenvalue weighted by molar-refractivity contribution is 0.103. The molecule has 3 aromatic carbocycles. The molecule has 134 valence electrons. The number of rotatable bonds is 3. The van der Waals surface area contributed by atoms with Gasteiger partial charge in [-0.1, -0.05) is 73.6 Å². The Bertz CT molecular complexity index is 1080. The number of hydrogen-bond acceptors (Lipinski definition) is 3. The number of nitrogens with zero attached hydrogens (tertiary/aromatic N) is 1. The molecule has 0 atom stereocenters. The van der Waals surface area contributed by atoms with Gasteiger partial charge in [0.2, 0.25) is 0 Å². The Morgan fingerprint density at radius 2 is 1.37 bits per heavy atom. The van der Waals surface area contributed by atoms with Gasteiger partial charge < -0.3 is 5.21 Å². The van der Waals surface area contributed by atoms with Gasteiger partial charge in [0.1, 0.15) is 0 Å². The van der Waals surface area contributed by atoms with E-state index in [2.05, 4.69) is 31.1 Å². The molecule has 3 nitrogen and oxygen atoms in total. The minimum Gasteiger partial charge on any atom is -0.411 e. The molecule has 0 saturated heterocycles. The molecular weight excluding hydrogens is 334 g/mol. The summed E-state index contributed by atoms with van der Waals surface area (Å²) >= 11 is 0. The maximum atomic E-state index is 12.9. The average Bonchev–Trinajstić information content (AvgIpc) is 2.94. The summed E-state index contributed by atoms with van der Waals surface area (Å²) in [6.07, 6.45) is 0. The Morgan fingerprint density at radius 1 is 0.815 bits per heavy atom. The summed E-state index contributed by atoms with van der Waals surface area (Å²) < 4.78 is 0. The van der Waals surface area contributed by atoms with Crippen molar-refractivity contribution in [2.75, 3.05) is 0 Å². The zero-order valence-corrected chi connectivity index (χ0v) is 15.7. The smallest absolute Gasteiger partial charge is 0.193 e. The second-order valence-electron chi connectivity index (χ2n) is 7.53. The molecule has 1 N–H and O–H groups in total. The molecule has 0 heterocycles. The first kappa shape index (κ1) is 17.2. The van der Waals surface area contributed by atoms with Crippen molar-refractivity contribution in [2.45, 2.75) is 26.2 Å². The van der Waals surface area contributed by atoms with E-state index in [0.717, 1.165) is 16.7 Å². The van der Waals surface area contributed by atoms with E-state index in [1.165, 1.54) is 11.1 Å². The summed E-state index contributed by atoms with van der Waals surface area (Å²) in [6, 6.07) is 21.5. The number of hydrogen-bond donors (Lipinski definition) is 1. The van der Waals surface area contributed by atoms with E-state index in [1.807, 2.05) is 54.6 Å². The van der Waals surface area contributed by atoms with Gasteiger partial charge in [-0.2, -0.15) is 0 Å². The van der Waals surface area contributed by atoms with E-state index in [4.69, 9.17) is 5.21 Å². The monoisotopic (exact) mass is 355 g/mol. The van der Waals surface area contributed by atoms with Gasteiger partial charge in [0, 0.05) is 16.5 Å². The van der Waals surface area contributed by atoms with Crippen LogP contribution in [0.2, 0.25) is 0 Å². The Hall–Kier alpha value is -3.20. The minimum absolute atomic E-state index is 0.0362. The molecule has 0 unspecified atom stereocenters. The largest absolute Gasteiger partial charge is 0.411 e. The first-order valence-corrected chi connectivity index (χ1v) is 9.01. The van der Waals surface area contributed by atoms with E-state index < -0.39 is 0 Å². The lowest BCUT2D eigenvalue weighted by Crippen LogP contribution is -2.16. The highest BCUT2D eigenvalue weighted by Crippen LogP contribution is 2.49. The van der Waals surface area contributed by atoms with E-state index in [1.54, 1.807) is 6.92 Å². The molecule has 0 saturated carbocycles. The van der Waals surface area contributed by atoms with Gasteiger partial charge in [0.05, 0.1) is 5.71 Å². The molecule has 1 aliphatic rings. The average molecular weight is 355 g/mol. The van der Waals surface area contributed by atoms with Crippen LogP contribution in [-0.2, 0) is 5.41 Å². The molecule has 3 heteroatoms. The first-order chi connectivity index (χ1) is 12.9. The summed E-state index contributed by atoms with van der Waals surface area (Å²) in [5.41, 5.74) is 7.31. The van der Waals surface area contributed by atoms with Crippen LogP contribution in [0, 0.1) is 0 Å². The van der Waals surface area contributed by atoms with Crippen LogP contribution < -0.4 is 0 Å². The van der Waals surface area contributed by atoms with Gasteiger partial charge in [0.25, 0.3) is 0 Å². The molecular formula is C24H21NO2. The third-order valence-corrected chi connectivity index (χ3v) is 5.54. The van der Waals surface area contributed by atoms with Crippen LogP contribution in [0.3, 0.4) is 0 Å². The lowest BCUT2D eigenvalue weighted by atomic mass is 9.81. The fraction of sp³-hybridized carbons (Fsp3) is 0.167. The van der Waals surface area contributed by atoms with Gasteiger partial charge >= 0.3 is 0 Å². The number of ketones is 1. The topological polar surface area (TPSA) is 49.7 Å². The van der Waals surface area contributed by atoms with Crippen LogP contribution >= 0.6 is 0 Å². The van der Waals surface area contributed by atoms with Gasteiger partial charge in [-0.15, -0.1) is 0 Å². The lowest BCUT2D eigenvalue weighted by Gasteiger charge is -2.22. The number of oxime groups is 1. The summed E-state index contributed by atoms with van der Waals surface area (Å²) in [5, 5.41) is 12.4. The fourth-order valence-corrected chi connectivity index (χ4v) is 3.92. The van der Waals surface area contributed by atoms with E-state index in [0.29, 0.717) is 16.8 Å². The van der Waals surface area contributed by atoms with Gasteiger partial charge in [-0.25, -0.2) is 0 Å². The highest BCUT2D eigenvalue weighted by Gasteiger charge is 2.36. The summed E-state index contributed by atoms with van der Waals surface area (Å²) in [6.45, 7) is 6.13.